The fourth-order valence-electron chi connectivity index (χ4n) is 0.538. The van der Waals surface area contributed by atoms with Crippen molar-refractivity contribution in [1.29, 1.82) is 5.26 Å². The number of amides is 1. The van der Waals surface area contributed by atoms with E-state index in [0.29, 0.717) is 6.42 Å². The van der Waals surface area contributed by atoms with Crippen molar-refractivity contribution in [2.75, 3.05) is 0 Å². The van der Waals surface area contributed by atoms with Gasteiger partial charge in [-0.25, -0.2) is 0 Å². The van der Waals surface area contributed by atoms with Crippen LogP contribution < -0.4 is 5.73 Å². The van der Waals surface area contributed by atoms with Crippen LogP contribution in [0.2, 0.25) is 0 Å². The second-order valence-electron chi connectivity index (χ2n) is 1.98. The third-order valence-corrected chi connectivity index (χ3v) is 1.32. The molecule has 0 aromatic rings. The summed E-state index contributed by atoms with van der Waals surface area (Å²) in [5.74, 6) is -0.637. The van der Waals surface area contributed by atoms with E-state index in [1.165, 1.54) is 0 Å². The van der Waals surface area contributed by atoms with Crippen LogP contribution in [0.1, 0.15) is 20.3 Å². The number of hydrogen-bond donors (Lipinski definition) is 1. The Morgan fingerprint density at radius 2 is 2.20 bits per heavy atom. The van der Waals surface area contributed by atoms with Crippen LogP contribution in [0.15, 0.2) is 11.1 Å². The van der Waals surface area contributed by atoms with Crippen molar-refractivity contribution in [2.24, 2.45) is 5.73 Å². The molecular weight excluding hydrogens is 128 g/mol. The van der Waals surface area contributed by atoms with Gasteiger partial charge in [0.25, 0.3) is 5.91 Å². The number of nitrogens with zero attached hydrogens (tertiary/aromatic N) is 1. The largest absolute Gasteiger partial charge is 0.365 e. The average Bonchev–Trinajstić information content (AvgIpc) is 1.88. The predicted molar refractivity (Wildman–Crippen MR) is 37.8 cm³/mol. The Kier molecular flexibility index (Phi) is 3.20. The summed E-state index contributed by atoms with van der Waals surface area (Å²) in [5, 5.41) is 8.39. The van der Waals surface area contributed by atoms with Gasteiger partial charge in [-0.1, -0.05) is 12.5 Å². The summed E-state index contributed by atoms with van der Waals surface area (Å²) in [6.07, 6.45) is 0.686. The number of hydrogen-bond acceptors (Lipinski definition) is 2. The molecule has 0 rings (SSSR count). The Morgan fingerprint density at radius 1 is 1.70 bits per heavy atom. The van der Waals surface area contributed by atoms with Crippen molar-refractivity contribution >= 4 is 5.91 Å². The fraction of sp³-hybridized carbons (Fsp3) is 0.429. The maximum Gasteiger partial charge on any atom is 0.259 e. The molecule has 0 spiro atoms. The van der Waals surface area contributed by atoms with Crippen LogP contribution in [0.25, 0.3) is 0 Å². The molecule has 0 saturated heterocycles. The van der Waals surface area contributed by atoms with Gasteiger partial charge in [-0.05, 0) is 13.3 Å². The highest BCUT2D eigenvalue weighted by Gasteiger charge is 2.05. The van der Waals surface area contributed by atoms with Gasteiger partial charge in [0.2, 0.25) is 0 Å². The number of nitrogens with two attached hydrogens (primary N) is 1. The highest BCUT2D eigenvalue weighted by atomic mass is 16.1. The standard InChI is InChI=1S/C7H10N2O/c1-3-5(2)6(4-8)7(9)10/h3H2,1-2H3,(H2,9,10). The van der Waals surface area contributed by atoms with E-state index in [4.69, 9.17) is 11.0 Å². The van der Waals surface area contributed by atoms with E-state index >= 15 is 0 Å². The van der Waals surface area contributed by atoms with Gasteiger partial charge in [0.15, 0.2) is 0 Å². The van der Waals surface area contributed by atoms with Crippen LogP contribution in [0.4, 0.5) is 0 Å². The Balaban J connectivity index is 4.68. The maximum atomic E-state index is 10.5. The zero-order chi connectivity index (χ0) is 8.15. The molecule has 10 heavy (non-hydrogen) atoms. The van der Waals surface area contributed by atoms with Gasteiger partial charge in [-0.15, -0.1) is 0 Å². The van der Waals surface area contributed by atoms with Crippen molar-refractivity contribution in [1.82, 2.24) is 0 Å². The smallest absolute Gasteiger partial charge is 0.259 e. The van der Waals surface area contributed by atoms with Gasteiger partial charge in [0.1, 0.15) is 11.6 Å². The zero-order valence-corrected chi connectivity index (χ0v) is 6.14. The number of allylic oxidation sites excluding steroid dienone is 1. The van der Waals surface area contributed by atoms with Crippen molar-refractivity contribution in [3.05, 3.63) is 11.1 Å². The molecule has 3 nitrogen and oxygen atoms in total. The monoisotopic (exact) mass is 138 g/mol. The number of carbonyl (C=O) groups is 1. The third kappa shape index (κ3) is 1.90. The predicted octanol–water partition coefficient (Wildman–Crippen LogP) is 0.722. The summed E-state index contributed by atoms with van der Waals surface area (Å²) >= 11 is 0. The summed E-state index contributed by atoms with van der Waals surface area (Å²) in [4.78, 5) is 10.5. The van der Waals surface area contributed by atoms with Crippen molar-refractivity contribution < 1.29 is 4.79 Å². The Morgan fingerprint density at radius 3 is 2.30 bits per heavy atom. The van der Waals surface area contributed by atoms with E-state index in [1.807, 2.05) is 6.92 Å². The van der Waals surface area contributed by atoms with E-state index in [0.717, 1.165) is 5.57 Å². The third-order valence-electron chi connectivity index (χ3n) is 1.32. The molecule has 2 N–H and O–H groups in total. The maximum absolute atomic E-state index is 10.5. The summed E-state index contributed by atoms with van der Waals surface area (Å²) in [6, 6.07) is 1.76. The lowest BCUT2D eigenvalue weighted by molar-refractivity contribution is -0.114. The number of rotatable bonds is 2. The van der Waals surface area contributed by atoms with Crippen molar-refractivity contribution in [2.45, 2.75) is 20.3 Å². The molecule has 0 atom stereocenters. The first-order chi connectivity index (χ1) is 4.63. The normalized spacial score (nSPS) is 11.7. The van der Waals surface area contributed by atoms with E-state index in [-0.39, 0.29) is 5.57 Å². The Bertz CT molecular complexity index is 210. The molecule has 0 aliphatic carbocycles. The molecule has 1 amide bonds. The highest BCUT2D eigenvalue weighted by Crippen LogP contribution is 2.05. The van der Waals surface area contributed by atoms with Crippen LogP contribution in [-0.2, 0) is 4.79 Å². The zero-order valence-electron chi connectivity index (χ0n) is 6.14. The lowest BCUT2D eigenvalue weighted by Crippen LogP contribution is -2.14. The molecule has 0 aromatic heterocycles. The summed E-state index contributed by atoms with van der Waals surface area (Å²) in [6.45, 7) is 3.60. The molecule has 0 fully saturated rings. The van der Waals surface area contributed by atoms with Gasteiger partial charge in [0, 0.05) is 0 Å². The topological polar surface area (TPSA) is 66.9 Å². The molecule has 0 aliphatic rings. The lowest BCUT2D eigenvalue weighted by atomic mass is 10.1. The molecule has 0 aliphatic heterocycles. The second-order valence-corrected chi connectivity index (χ2v) is 1.98. The van der Waals surface area contributed by atoms with E-state index in [2.05, 4.69) is 0 Å². The van der Waals surface area contributed by atoms with E-state index in [9.17, 15) is 4.79 Å². The van der Waals surface area contributed by atoms with Gasteiger partial charge in [-0.2, -0.15) is 5.26 Å². The van der Waals surface area contributed by atoms with Crippen LogP contribution in [0.5, 0.6) is 0 Å². The lowest BCUT2D eigenvalue weighted by Gasteiger charge is -1.95. The molecule has 0 radical (unpaired) electrons. The Labute approximate surface area is 60.1 Å². The summed E-state index contributed by atoms with van der Waals surface area (Å²) in [5.41, 5.74) is 5.74. The van der Waals surface area contributed by atoms with Crippen LogP contribution >= 0.6 is 0 Å². The van der Waals surface area contributed by atoms with Gasteiger partial charge < -0.3 is 5.73 Å². The molecule has 0 unspecified atom stereocenters. The first-order valence-electron chi connectivity index (χ1n) is 3.03. The minimum atomic E-state index is -0.637. The summed E-state index contributed by atoms with van der Waals surface area (Å²) < 4.78 is 0. The second kappa shape index (κ2) is 3.67. The van der Waals surface area contributed by atoms with Crippen molar-refractivity contribution in [3.63, 3.8) is 0 Å². The Hall–Kier alpha value is -1.30. The molecule has 0 aromatic carbocycles. The van der Waals surface area contributed by atoms with Gasteiger partial charge >= 0.3 is 0 Å². The highest BCUT2D eigenvalue weighted by molar-refractivity contribution is 5.96. The average molecular weight is 138 g/mol. The van der Waals surface area contributed by atoms with Gasteiger partial charge in [-0.3, -0.25) is 4.79 Å². The fourth-order valence-corrected chi connectivity index (χ4v) is 0.538. The molecule has 0 saturated carbocycles. The first kappa shape index (κ1) is 8.70. The van der Waals surface area contributed by atoms with E-state index in [1.54, 1.807) is 13.0 Å². The van der Waals surface area contributed by atoms with Crippen LogP contribution in [0, 0.1) is 11.3 Å². The molecule has 3 heteroatoms. The molecule has 0 bridgehead atoms. The number of nitriles is 1. The number of carbonyl (C=O) groups excluding carboxylic acids is 1. The SMILES string of the molecule is CCC(C)=C(C#N)C(N)=O. The van der Waals surface area contributed by atoms with E-state index < -0.39 is 5.91 Å². The van der Waals surface area contributed by atoms with Crippen LogP contribution in [0.3, 0.4) is 0 Å². The van der Waals surface area contributed by atoms with Crippen molar-refractivity contribution in [3.8, 4) is 6.07 Å². The summed E-state index contributed by atoms with van der Waals surface area (Å²) in [7, 11) is 0. The molecule has 0 heterocycles. The molecule has 54 valence electrons. The van der Waals surface area contributed by atoms with Crippen LogP contribution in [-0.4, -0.2) is 5.91 Å². The minimum absolute atomic E-state index is 0.0856. The molecular formula is C7H10N2O. The quantitative estimate of drug-likeness (QED) is 0.451. The minimum Gasteiger partial charge on any atom is -0.365 e. The van der Waals surface area contributed by atoms with Gasteiger partial charge in [0.05, 0.1) is 0 Å². The number of primary amides is 1. The first-order valence-corrected chi connectivity index (χ1v) is 3.03.